The van der Waals surface area contributed by atoms with E-state index in [1.165, 1.54) is 24.6 Å². The fourth-order valence-electron chi connectivity index (χ4n) is 6.27. The zero-order valence-corrected chi connectivity index (χ0v) is 20.5. The second-order valence-corrected chi connectivity index (χ2v) is 11.0. The van der Waals surface area contributed by atoms with E-state index in [1.54, 1.807) is 11.8 Å². The summed E-state index contributed by atoms with van der Waals surface area (Å²) in [6.45, 7) is 8.83. The van der Waals surface area contributed by atoms with Crippen LogP contribution in [0.4, 0.5) is 0 Å². The fourth-order valence-corrected chi connectivity index (χ4v) is 6.27. The number of likely N-dealkylation sites (tertiary alicyclic amines) is 1. The zero-order valence-electron chi connectivity index (χ0n) is 20.5. The van der Waals surface area contributed by atoms with Crippen LogP contribution < -0.4 is 5.32 Å². The van der Waals surface area contributed by atoms with Crippen LogP contribution in [0.1, 0.15) is 65.4 Å². The Kier molecular flexibility index (Phi) is 6.29. The molecule has 2 saturated carbocycles. The molecular formula is C26H36N2O6. The van der Waals surface area contributed by atoms with Gasteiger partial charge in [0, 0.05) is 12.0 Å². The van der Waals surface area contributed by atoms with Crippen molar-refractivity contribution in [2.75, 3.05) is 6.54 Å². The molecule has 2 bridgehead atoms. The molecule has 5 atom stereocenters. The molecule has 3 fully saturated rings. The minimum Gasteiger partial charge on any atom is -0.504 e. The Bertz CT molecular complexity index is 992. The molecule has 1 aliphatic heterocycles. The molecule has 34 heavy (non-hydrogen) atoms. The summed E-state index contributed by atoms with van der Waals surface area (Å²) < 4.78 is 6.04. The average Bonchev–Trinajstić information content (AvgIpc) is 3.39. The first-order valence-corrected chi connectivity index (χ1v) is 12.2. The number of hydrogen-bond acceptors (Lipinski definition) is 6. The summed E-state index contributed by atoms with van der Waals surface area (Å²) in [7, 11) is 0. The molecule has 1 saturated heterocycles. The van der Waals surface area contributed by atoms with E-state index in [2.05, 4.69) is 26.1 Å². The monoisotopic (exact) mass is 472 g/mol. The van der Waals surface area contributed by atoms with Crippen molar-refractivity contribution in [1.82, 2.24) is 10.2 Å². The van der Waals surface area contributed by atoms with Crippen molar-refractivity contribution in [3.05, 3.63) is 23.8 Å². The Morgan fingerprint density at radius 1 is 1.18 bits per heavy atom. The van der Waals surface area contributed by atoms with E-state index < -0.39 is 12.1 Å². The van der Waals surface area contributed by atoms with E-state index in [-0.39, 0.29) is 52.6 Å². The number of amides is 2. The maximum absolute atomic E-state index is 13.1. The number of aromatic hydroxyl groups is 2. The summed E-state index contributed by atoms with van der Waals surface area (Å²) in [5, 5.41) is 21.7. The number of phenols is 2. The summed E-state index contributed by atoms with van der Waals surface area (Å²) in [4.78, 5) is 40.2. The Morgan fingerprint density at radius 2 is 1.91 bits per heavy atom. The summed E-state index contributed by atoms with van der Waals surface area (Å²) in [6, 6.07) is 2.73. The first-order valence-electron chi connectivity index (χ1n) is 12.2. The van der Waals surface area contributed by atoms with Gasteiger partial charge in [-0.3, -0.25) is 9.59 Å². The molecular weight excluding hydrogens is 436 g/mol. The number of nitrogens with zero attached hydrogens (tertiary/aromatic N) is 1. The number of phenolic OH excluding ortho intramolecular Hbond substituents is 2. The van der Waals surface area contributed by atoms with Crippen molar-refractivity contribution in [2.45, 2.75) is 84.4 Å². The lowest BCUT2D eigenvalue weighted by Crippen LogP contribution is -2.51. The highest BCUT2D eigenvalue weighted by Crippen LogP contribution is 2.66. The Morgan fingerprint density at radius 3 is 2.53 bits per heavy atom. The van der Waals surface area contributed by atoms with Gasteiger partial charge in [0.15, 0.2) is 11.5 Å². The number of benzene rings is 1. The number of hydrogen-bond donors (Lipinski definition) is 3. The van der Waals surface area contributed by atoms with Gasteiger partial charge in [-0.25, -0.2) is 4.79 Å². The molecule has 5 unspecified atom stereocenters. The minimum absolute atomic E-state index is 0.0370. The van der Waals surface area contributed by atoms with Crippen molar-refractivity contribution >= 4 is 17.8 Å². The van der Waals surface area contributed by atoms with Crippen molar-refractivity contribution in [2.24, 2.45) is 16.7 Å². The number of carbonyl (C=O) groups excluding carboxylic acids is 3. The number of ether oxygens (including phenoxy) is 1. The second kappa shape index (κ2) is 8.78. The van der Waals surface area contributed by atoms with Crippen LogP contribution in [0.3, 0.4) is 0 Å². The van der Waals surface area contributed by atoms with Gasteiger partial charge >= 0.3 is 5.97 Å². The van der Waals surface area contributed by atoms with E-state index in [4.69, 9.17) is 4.74 Å². The lowest BCUT2D eigenvalue weighted by atomic mass is 9.70. The molecule has 2 amide bonds. The number of carbonyl (C=O) groups is 3. The van der Waals surface area contributed by atoms with Gasteiger partial charge in [0.05, 0.1) is 6.42 Å². The molecule has 1 heterocycles. The first kappa shape index (κ1) is 24.4. The van der Waals surface area contributed by atoms with Crippen LogP contribution in [-0.2, 0) is 25.5 Å². The summed E-state index contributed by atoms with van der Waals surface area (Å²) in [6.07, 6.45) is 4.22. The SMILES string of the molecule is CC(NC(=O)Cc1ccc(O)c(O)c1)C(=O)N1CCCC1C(=O)OC1CC2CCC1(C)C2(C)C. The van der Waals surface area contributed by atoms with Crippen LogP contribution in [0.2, 0.25) is 0 Å². The lowest BCUT2D eigenvalue weighted by molar-refractivity contribution is -0.165. The molecule has 3 aliphatic rings. The van der Waals surface area contributed by atoms with Gasteiger partial charge in [-0.15, -0.1) is 0 Å². The van der Waals surface area contributed by atoms with E-state index in [0.29, 0.717) is 24.4 Å². The predicted octanol–water partition coefficient (Wildman–Crippen LogP) is 2.89. The molecule has 3 N–H and O–H groups in total. The van der Waals surface area contributed by atoms with Gasteiger partial charge in [-0.2, -0.15) is 0 Å². The molecule has 4 rings (SSSR count). The van der Waals surface area contributed by atoms with Crippen molar-refractivity contribution in [3.63, 3.8) is 0 Å². The molecule has 0 aromatic heterocycles. The topological polar surface area (TPSA) is 116 Å². The fraction of sp³-hybridized carbons (Fsp3) is 0.654. The first-order chi connectivity index (χ1) is 15.9. The third-order valence-corrected chi connectivity index (χ3v) is 8.93. The number of fused-ring (bicyclic) bond motifs is 2. The van der Waals surface area contributed by atoms with Crippen molar-refractivity contribution in [3.8, 4) is 11.5 Å². The zero-order chi connectivity index (χ0) is 24.8. The standard InChI is InChI=1S/C26H36N2O6/c1-15(27-22(31)13-16-7-8-19(29)20(30)12-16)23(32)28-11-5-6-18(28)24(33)34-21-14-17-9-10-26(21,4)25(17,2)3/h7-8,12,15,17-18,21,29-30H,5-6,9-11,13-14H2,1-4H3,(H,27,31). The normalized spacial score (nSPS) is 30.2. The summed E-state index contributed by atoms with van der Waals surface area (Å²) in [5.74, 6) is -1.04. The van der Waals surface area contributed by atoms with E-state index in [1.807, 2.05) is 0 Å². The van der Waals surface area contributed by atoms with E-state index >= 15 is 0 Å². The Hall–Kier alpha value is -2.77. The van der Waals surface area contributed by atoms with Gasteiger partial charge in [-0.05, 0) is 68.1 Å². The Balaban J connectivity index is 1.34. The largest absolute Gasteiger partial charge is 0.504 e. The van der Waals surface area contributed by atoms with Gasteiger partial charge in [0.25, 0.3) is 0 Å². The van der Waals surface area contributed by atoms with Crippen LogP contribution in [0.15, 0.2) is 18.2 Å². The van der Waals surface area contributed by atoms with Gasteiger partial charge in [0.2, 0.25) is 11.8 Å². The molecule has 186 valence electrons. The van der Waals surface area contributed by atoms with Crippen molar-refractivity contribution < 1.29 is 29.3 Å². The third kappa shape index (κ3) is 4.12. The quantitative estimate of drug-likeness (QED) is 0.433. The minimum atomic E-state index is -0.800. The van der Waals surface area contributed by atoms with E-state index in [9.17, 15) is 24.6 Å². The summed E-state index contributed by atoms with van der Waals surface area (Å²) >= 11 is 0. The van der Waals surface area contributed by atoms with Gasteiger partial charge < -0.3 is 25.2 Å². The average molecular weight is 473 g/mol. The highest BCUT2D eigenvalue weighted by atomic mass is 16.5. The number of esters is 1. The molecule has 8 nitrogen and oxygen atoms in total. The van der Waals surface area contributed by atoms with E-state index in [0.717, 1.165) is 19.3 Å². The van der Waals surface area contributed by atoms with Crippen molar-refractivity contribution in [1.29, 1.82) is 0 Å². The third-order valence-electron chi connectivity index (χ3n) is 8.93. The lowest BCUT2D eigenvalue weighted by Gasteiger charge is -2.39. The predicted molar refractivity (Wildman–Crippen MR) is 125 cm³/mol. The van der Waals surface area contributed by atoms with Gasteiger partial charge in [-0.1, -0.05) is 26.8 Å². The highest BCUT2D eigenvalue weighted by Gasteiger charge is 2.63. The smallest absolute Gasteiger partial charge is 0.329 e. The van der Waals surface area contributed by atoms with Crippen LogP contribution in [0, 0.1) is 16.7 Å². The second-order valence-electron chi connectivity index (χ2n) is 11.0. The van der Waals surface area contributed by atoms with Crippen LogP contribution in [0.5, 0.6) is 11.5 Å². The van der Waals surface area contributed by atoms with Crippen LogP contribution in [0.25, 0.3) is 0 Å². The molecule has 0 radical (unpaired) electrons. The number of nitrogens with one attached hydrogen (secondary N) is 1. The van der Waals surface area contributed by atoms with Gasteiger partial charge in [0.1, 0.15) is 18.2 Å². The molecule has 0 spiro atoms. The maximum Gasteiger partial charge on any atom is 0.329 e. The molecule has 2 aliphatic carbocycles. The number of rotatable bonds is 6. The highest BCUT2D eigenvalue weighted by molar-refractivity contribution is 5.91. The summed E-state index contributed by atoms with van der Waals surface area (Å²) in [5.41, 5.74) is 0.610. The van der Waals surface area contributed by atoms with Crippen LogP contribution >= 0.6 is 0 Å². The Labute approximate surface area is 200 Å². The molecule has 8 heteroatoms. The molecule has 1 aromatic rings. The maximum atomic E-state index is 13.1. The molecule has 1 aromatic carbocycles. The van der Waals surface area contributed by atoms with Crippen LogP contribution in [-0.4, -0.2) is 57.6 Å².